The minimum atomic E-state index is -0.337. The molecule has 0 saturated carbocycles. The van der Waals surface area contributed by atoms with Crippen molar-refractivity contribution in [3.63, 3.8) is 0 Å². The number of hydrogen-bond acceptors (Lipinski definition) is 8. The Labute approximate surface area is 306 Å². The van der Waals surface area contributed by atoms with Crippen LogP contribution in [0.5, 0.6) is 11.8 Å². The van der Waals surface area contributed by atoms with Crippen molar-refractivity contribution in [1.29, 1.82) is 0 Å². The molecule has 8 nitrogen and oxygen atoms in total. The van der Waals surface area contributed by atoms with E-state index in [1.54, 1.807) is 18.5 Å². The molecule has 266 valence electrons. The van der Waals surface area contributed by atoms with Gasteiger partial charge in [-0.25, -0.2) is 18.7 Å². The van der Waals surface area contributed by atoms with Crippen LogP contribution < -0.4 is 20.9 Å². The molecular formula is C40H43BrF2N6O2. The molecule has 2 aromatic heterocycles. The number of halogens is 3. The van der Waals surface area contributed by atoms with E-state index in [2.05, 4.69) is 49.8 Å². The Kier molecular flexibility index (Phi) is 11.8. The molecular weight excluding hydrogens is 714 g/mol. The molecule has 0 atom stereocenters. The molecule has 0 unspecified atom stereocenters. The number of ether oxygens (including phenoxy) is 2. The Morgan fingerprint density at radius 2 is 1.04 bits per heavy atom. The normalized spacial score (nSPS) is 15.9. The summed E-state index contributed by atoms with van der Waals surface area (Å²) in [5.74, 6) is 0.446. The smallest absolute Gasteiger partial charge is 0.214 e. The van der Waals surface area contributed by atoms with E-state index < -0.39 is 0 Å². The SMILES string of the molecule is CN1CCC(Oc2cc(-c3cc(F)cc(-c4ccccc4)c3N)ccn2)CC1.CN1CCC(Oc2cc(-c3cc(F)cc(Br)c3N)ccn2)CC1. The molecule has 5 aromatic rings. The van der Waals surface area contributed by atoms with E-state index in [0.717, 1.165) is 68.6 Å². The number of anilines is 2. The van der Waals surface area contributed by atoms with E-state index in [1.165, 1.54) is 24.3 Å². The van der Waals surface area contributed by atoms with Gasteiger partial charge in [0.2, 0.25) is 11.8 Å². The van der Waals surface area contributed by atoms with Crippen LogP contribution in [0.25, 0.3) is 33.4 Å². The van der Waals surface area contributed by atoms with Crippen LogP contribution >= 0.6 is 15.9 Å². The van der Waals surface area contributed by atoms with Gasteiger partial charge < -0.3 is 30.7 Å². The van der Waals surface area contributed by atoms with Gasteiger partial charge in [0.1, 0.15) is 23.8 Å². The largest absolute Gasteiger partial charge is 0.474 e. The maximum Gasteiger partial charge on any atom is 0.214 e. The monoisotopic (exact) mass is 756 g/mol. The van der Waals surface area contributed by atoms with E-state index in [4.69, 9.17) is 20.9 Å². The summed E-state index contributed by atoms with van der Waals surface area (Å²) in [5.41, 5.74) is 18.0. The molecule has 3 aromatic carbocycles. The Balaban J connectivity index is 0.000000179. The van der Waals surface area contributed by atoms with Crippen molar-refractivity contribution in [3.05, 3.63) is 107 Å². The van der Waals surface area contributed by atoms with Crippen LogP contribution in [-0.4, -0.2) is 72.3 Å². The average molecular weight is 758 g/mol. The average Bonchev–Trinajstić information content (AvgIpc) is 3.13. The fourth-order valence-corrected chi connectivity index (χ4v) is 6.80. The first-order chi connectivity index (χ1) is 24.6. The van der Waals surface area contributed by atoms with Crippen molar-refractivity contribution in [3.8, 4) is 45.1 Å². The highest BCUT2D eigenvalue weighted by atomic mass is 79.9. The summed E-state index contributed by atoms with van der Waals surface area (Å²) in [6, 6.07) is 22.6. The maximum absolute atomic E-state index is 14.4. The first kappa shape index (κ1) is 36.2. The quantitative estimate of drug-likeness (QED) is 0.160. The molecule has 4 N–H and O–H groups in total. The Hall–Kier alpha value is -4.58. The lowest BCUT2D eigenvalue weighted by Crippen LogP contribution is -2.35. The van der Waals surface area contributed by atoms with Crippen molar-refractivity contribution in [2.45, 2.75) is 37.9 Å². The van der Waals surface area contributed by atoms with Crippen LogP contribution in [0.1, 0.15) is 25.7 Å². The number of aromatic nitrogens is 2. The second kappa shape index (κ2) is 16.6. The van der Waals surface area contributed by atoms with Gasteiger partial charge in [0, 0.05) is 77.6 Å². The standard InChI is InChI=1S/C23H24FN3O.C17H19BrFN3O/c1-27-11-8-19(9-12-27)28-22-13-17(7-10-26-22)21-15-18(24)14-20(23(21)25)16-5-3-2-4-6-16;1-22-6-3-13(4-7-22)23-16-8-11(2-5-21-16)14-9-12(19)10-15(18)17(14)20/h2-7,10,13-15,19H,8-9,11-12,25H2,1H3;2,5,8-10,13H,3-4,6-7,20H2,1H3. The van der Waals surface area contributed by atoms with E-state index in [-0.39, 0.29) is 23.8 Å². The molecule has 0 aliphatic carbocycles. The van der Waals surface area contributed by atoms with Gasteiger partial charge in [-0.1, -0.05) is 30.3 Å². The Morgan fingerprint density at radius 3 is 1.53 bits per heavy atom. The lowest BCUT2D eigenvalue weighted by atomic mass is 9.96. The molecule has 51 heavy (non-hydrogen) atoms. The van der Waals surface area contributed by atoms with Gasteiger partial charge in [0.25, 0.3) is 0 Å². The summed E-state index contributed by atoms with van der Waals surface area (Å²) in [5, 5.41) is 0. The minimum absolute atomic E-state index is 0.156. The van der Waals surface area contributed by atoms with E-state index in [1.807, 2.05) is 48.5 Å². The molecule has 0 radical (unpaired) electrons. The Morgan fingerprint density at radius 1 is 0.608 bits per heavy atom. The van der Waals surface area contributed by atoms with Gasteiger partial charge >= 0.3 is 0 Å². The Bertz CT molecular complexity index is 1930. The summed E-state index contributed by atoms with van der Waals surface area (Å²) in [6.45, 7) is 4.07. The molecule has 2 aliphatic heterocycles. The van der Waals surface area contributed by atoms with Gasteiger partial charge in [-0.2, -0.15) is 0 Å². The van der Waals surface area contributed by atoms with Crippen LogP contribution in [0, 0.1) is 11.6 Å². The number of rotatable bonds is 7. The minimum Gasteiger partial charge on any atom is -0.474 e. The highest BCUT2D eigenvalue weighted by Gasteiger charge is 2.21. The zero-order valence-electron chi connectivity index (χ0n) is 28.9. The molecule has 0 bridgehead atoms. The van der Waals surface area contributed by atoms with Gasteiger partial charge in [-0.05, 0) is 109 Å². The van der Waals surface area contributed by atoms with Gasteiger partial charge in [-0.3, -0.25) is 0 Å². The fourth-order valence-electron chi connectivity index (χ4n) is 6.37. The number of nitrogens with two attached hydrogens (primary N) is 2. The first-order valence-corrected chi connectivity index (χ1v) is 17.9. The van der Waals surface area contributed by atoms with Gasteiger partial charge in [0.15, 0.2) is 0 Å². The molecule has 0 spiro atoms. The summed E-state index contributed by atoms with van der Waals surface area (Å²) in [4.78, 5) is 13.2. The lowest BCUT2D eigenvalue weighted by Gasteiger charge is -2.29. The molecule has 4 heterocycles. The number of nitrogens with zero attached hydrogens (tertiary/aromatic N) is 4. The molecule has 2 saturated heterocycles. The van der Waals surface area contributed by atoms with Crippen LogP contribution in [0.15, 0.2) is 95.7 Å². The number of pyridine rings is 2. The third kappa shape index (κ3) is 9.40. The molecule has 11 heteroatoms. The molecule has 7 rings (SSSR count). The number of benzene rings is 3. The molecule has 2 aliphatic rings. The van der Waals surface area contributed by atoms with Gasteiger partial charge in [-0.15, -0.1) is 0 Å². The van der Waals surface area contributed by atoms with Crippen molar-refractivity contribution >= 4 is 27.3 Å². The summed E-state index contributed by atoms with van der Waals surface area (Å²) in [7, 11) is 4.23. The predicted molar refractivity (Wildman–Crippen MR) is 204 cm³/mol. The third-order valence-electron chi connectivity index (χ3n) is 9.32. The summed E-state index contributed by atoms with van der Waals surface area (Å²) < 4.78 is 40.7. The third-order valence-corrected chi connectivity index (χ3v) is 9.98. The molecule has 2 fully saturated rings. The van der Waals surface area contributed by atoms with Crippen LogP contribution in [0.3, 0.4) is 0 Å². The zero-order chi connectivity index (χ0) is 35.9. The summed E-state index contributed by atoms with van der Waals surface area (Å²) in [6.07, 6.45) is 7.59. The van der Waals surface area contributed by atoms with Crippen LogP contribution in [0.2, 0.25) is 0 Å². The van der Waals surface area contributed by atoms with Crippen molar-refractivity contribution < 1.29 is 18.3 Å². The van der Waals surface area contributed by atoms with Crippen molar-refractivity contribution in [1.82, 2.24) is 19.8 Å². The van der Waals surface area contributed by atoms with Crippen LogP contribution in [0.4, 0.5) is 20.2 Å². The second-order valence-electron chi connectivity index (χ2n) is 13.1. The second-order valence-corrected chi connectivity index (χ2v) is 14.0. The number of nitrogen functional groups attached to an aromatic ring is 2. The van der Waals surface area contributed by atoms with E-state index in [9.17, 15) is 8.78 Å². The van der Waals surface area contributed by atoms with Crippen LogP contribution in [-0.2, 0) is 0 Å². The zero-order valence-corrected chi connectivity index (χ0v) is 30.5. The maximum atomic E-state index is 14.4. The van der Waals surface area contributed by atoms with E-state index >= 15 is 0 Å². The first-order valence-electron chi connectivity index (χ1n) is 17.1. The highest BCUT2D eigenvalue weighted by Crippen LogP contribution is 2.37. The lowest BCUT2D eigenvalue weighted by molar-refractivity contribution is 0.110. The van der Waals surface area contributed by atoms with Crippen molar-refractivity contribution in [2.75, 3.05) is 51.7 Å². The van der Waals surface area contributed by atoms with E-state index in [0.29, 0.717) is 44.3 Å². The molecule has 0 amide bonds. The summed E-state index contributed by atoms with van der Waals surface area (Å²) >= 11 is 3.28. The predicted octanol–water partition coefficient (Wildman–Crippen LogP) is 8.32. The number of likely N-dealkylation sites (tertiary alicyclic amines) is 2. The number of piperidine rings is 2. The highest BCUT2D eigenvalue weighted by molar-refractivity contribution is 9.10. The topological polar surface area (TPSA) is 103 Å². The fraction of sp³-hybridized carbons (Fsp3) is 0.300. The van der Waals surface area contributed by atoms with Gasteiger partial charge in [0.05, 0.1) is 5.69 Å². The number of hydrogen-bond donors (Lipinski definition) is 2. The van der Waals surface area contributed by atoms with Crippen molar-refractivity contribution in [2.24, 2.45) is 0 Å².